The number of likely N-dealkylation sites (tertiary alicyclic amines) is 1. The highest BCUT2D eigenvalue weighted by atomic mass is 127. The molecule has 2 aromatic rings. The second-order valence-electron chi connectivity index (χ2n) is 11.1. The van der Waals surface area contributed by atoms with Gasteiger partial charge in [-0.1, -0.05) is 13.0 Å². The first-order chi connectivity index (χ1) is 20.3. The summed E-state index contributed by atoms with van der Waals surface area (Å²) in [5.41, 5.74) is 4.57. The number of phenols is 1. The second kappa shape index (κ2) is 13.3. The predicted molar refractivity (Wildman–Crippen MR) is 167 cm³/mol. The first kappa shape index (κ1) is 30.7. The first-order valence-electron chi connectivity index (χ1n) is 14.3. The number of amides is 2. The minimum Gasteiger partial charge on any atom is -0.504 e. The summed E-state index contributed by atoms with van der Waals surface area (Å²) in [5.74, 6) is -0.973. The van der Waals surface area contributed by atoms with Crippen LogP contribution in [0.1, 0.15) is 43.9 Å². The zero-order valence-electron chi connectivity index (χ0n) is 24.1. The Morgan fingerprint density at radius 2 is 2.05 bits per heavy atom. The molecule has 3 aliphatic rings. The third kappa shape index (κ3) is 6.02. The molecule has 2 N–H and O–H groups in total. The molecule has 1 aliphatic carbocycles. The summed E-state index contributed by atoms with van der Waals surface area (Å²) in [5, 5.41) is 21.2. The summed E-state index contributed by atoms with van der Waals surface area (Å²) in [4.78, 5) is 32.8. The molecule has 3 heterocycles. The van der Waals surface area contributed by atoms with E-state index in [4.69, 9.17) is 14.1 Å². The number of ether oxygens (including phenoxy) is 2. The van der Waals surface area contributed by atoms with Crippen LogP contribution in [0.2, 0.25) is 6.32 Å². The van der Waals surface area contributed by atoms with E-state index < -0.39 is 25.1 Å². The molecule has 0 bridgehead atoms. The van der Waals surface area contributed by atoms with E-state index in [1.807, 2.05) is 37.3 Å². The van der Waals surface area contributed by atoms with Crippen LogP contribution >= 0.6 is 22.6 Å². The second-order valence-corrected chi connectivity index (χ2v) is 12.2. The molecule has 9 nitrogen and oxygen atoms in total. The van der Waals surface area contributed by atoms with Gasteiger partial charge in [0.2, 0.25) is 11.8 Å². The average molecular weight is 686 g/mol. The molecule has 2 amide bonds. The van der Waals surface area contributed by atoms with Gasteiger partial charge < -0.3 is 24.3 Å². The summed E-state index contributed by atoms with van der Waals surface area (Å²) < 4.78 is 17.8. The smallest absolute Gasteiger partial charge is 0.455 e. The van der Waals surface area contributed by atoms with Crippen molar-refractivity contribution < 1.29 is 33.8 Å². The van der Waals surface area contributed by atoms with E-state index in [-0.39, 0.29) is 29.8 Å². The zero-order valence-corrected chi connectivity index (χ0v) is 26.2. The number of halogens is 1. The van der Waals surface area contributed by atoms with Crippen molar-refractivity contribution >= 4 is 53.2 Å². The standard InChI is InChI=1S/C31H36BIN2O7/c1-4-11-35-30(37)21-15-20(17-40-2)27-22(28(21)31(35)38)16-32(39)42-25(27)9-8-19(24-7-5-6-10-34-24)12-18-13-23(33)29(36)26(14-18)41-3/h5-7,10,12-14,21-22,25,28,36,39H,4,8-9,11,15-17H2,1-3H3/b19-12-/t21-,22+,25-,28-/m1/s1. The molecule has 2 saturated heterocycles. The Morgan fingerprint density at radius 1 is 1.24 bits per heavy atom. The van der Waals surface area contributed by atoms with Crippen LogP contribution in [0.15, 0.2) is 47.7 Å². The van der Waals surface area contributed by atoms with Gasteiger partial charge in [0.1, 0.15) is 0 Å². The summed E-state index contributed by atoms with van der Waals surface area (Å²) in [6, 6.07) is 9.40. The van der Waals surface area contributed by atoms with Gasteiger partial charge in [-0.2, -0.15) is 0 Å². The SMILES string of the molecule is CCCN1C(=O)[C@@H]2[C@@H](CC(COC)=C3[C@@H](CC/C(=C/c4cc(I)c(O)c(OC)c4)c4ccccn4)OB(O)C[C@@H]32)C1=O. The minimum absolute atomic E-state index is 0.0935. The van der Waals surface area contributed by atoms with Crippen LogP contribution in [-0.2, 0) is 19.0 Å². The fourth-order valence-electron chi connectivity index (χ4n) is 6.73. The number of phenolic OH excluding ortho intramolecular Hbond substituents is 1. The number of hydrogen-bond donors (Lipinski definition) is 2. The molecule has 1 aromatic carbocycles. The number of allylic oxidation sites excluding steroid dienone is 1. The molecule has 0 unspecified atom stereocenters. The third-order valence-corrected chi connectivity index (χ3v) is 9.27. The van der Waals surface area contributed by atoms with Crippen molar-refractivity contribution in [2.75, 3.05) is 27.4 Å². The number of carbonyl (C=O) groups excluding carboxylic acids is 2. The van der Waals surface area contributed by atoms with Gasteiger partial charge in [-0.05, 0) is 113 Å². The topological polar surface area (TPSA) is 118 Å². The van der Waals surface area contributed by atoms with Crippen LogP contribution in [0.25, 0.3) is 11.6 Å². The molecular formula is C31H36BIN2O7. The van der Waals surface area contributed by atoms with Crippen molar-refractivity contribution in [3.8, 4) is 11.5 Å². The Morgan fingerprint density at radius 3 is 2.74 bits per heavy atom. The van der Waals surface area contributed by atoms with Crippen LogP contribution < -0.4 is 4.74 Å². The molecule has 2 fully saturated rings. The lowest BCUT2D eigenvalue weighted by Gasteiger charge is -2.43. The molecule has 222 valence electrons. The number of imide groups is 1. The van der Waals surface area contributed by atoms with Gasteiger partial charge in [0.05, 0.1) is 40.9 Å². The van der Waals surface area contributed by atoms with Gasteiger partial charge >= 0.3 is 7.12 Å². The van der Waals surface area contributed by atoms with Gasteiger partial charge in [-0.3, -0.25) is 19.5 Å². The molecule has 1 aromatic heterocycles. The van der Waals surface area contributed by atoms with Gasteiger partial charge in [0.15, 0.2) is 11.5 Å². The molecule has 0 radical (unpaired) electrons. The fourth-order valence-corrected chi connectivity index (χ4v) is 7.35. The maximum absolute atomic E-state index is 13.5. The Labute approximate surface area is 260 Å². The highest BCUT2D eigenvalue weighted by Gasteiger charge is 2.57. The van der Waals surface area contributed by atoms with Crippen molar-refractivity contribution in [3.05, 3.63) is 62.5 Å². The number of nitrogens with zero attached hydrogens (tertiary/aromatic N) is 2. The zero-order chi connectivity index (χ0) is 30.0. The number of hydrogen-bond acceptors (Lipinski definition) is 8. The van der Waals surface area contributed by atoms with E-state index in [1.165, 1.54) is 12.0 Å². The van der Waals surface area contributed by atoms with Crippen molar-refractivity contribution in [2.24, 2.45) is 17.8 Å². The van der Waals surface area contributed by atoms with Gasteiger partial charge in [-0.15, -0.1) is 0 Å². The highest BCUT2D eigenvalue weighted by Crippen LogP contribution is 2.50. The van der Waals surface area contributed by atoms with Crippen LogP contribution in [0.3, 0.4) is 0 Å². The molecule has 5 rings (SSSR count). The maximum atomic E-state index is 13.5. The predicted octanol–water partition coefficient (Wildman–Crippen LogP) is 4.57. The summed E-state index contributed by atoms with van der Waals surface area (Å²) in [7, 11) is 2.10. The maximum Gasteiger partial charge on any atom is 0.455 e. The number of benzene rings is 1. The molecule has 0 saturated carbocycles. The summed E-state index contributed by atoms with van der Waals surface area (Å²) in [6.45, 7) is 2.71. The van der Waals surface area contributed by atoms with E-state index in [9.17, 15) is 19.7 Å². The van der Waals surface area contributed by atoms with Gasteiger partial charge in [0.25, 0.3) is 0 Å². The average Bonchev–Trinajstić information content (AvgIpc) is 3.22. The molecular weight excluding hydrogens is 650 g/mol. The molecule has 0 spiro atoms. The summed E-state index contributed by atoms with van der Waals surface area (Å²) >= 11 is 2.08. The Balaban J connectivity index is 1.49. The number of aromatic nitrogens is 1. The number of rotatable bonds is 10. The number of carbonyl (C=O) groups is 2. The Kier molecular flexibility index (Phi) is 9.71. The third-order valence-electron chi connectivity index (χ3n) is 8.45. The number of aromatic hydroxyl groups is 1. The van der Waals surface area contributed by atoms with Crippen LogP contribution in [0.5, 0.6) is 11.5 Å². The van der Waals surface area contributed by atoms with Crippen molar-refractivity contribution in [1.29, 1.82) is 0 Å². The first-order valence-corrected chi connectivity index (χ1v) is 15.4. The van der Waals surface area contributed by atoms with Crippen molar-refractivity contribution in [2.45, 2.75) is 45.0 Å². The van der Waals surface area contributed by atoms with Crippen LogP contribution in [-0.4, -0.2) is 72.4 Å². The number of fused-ring (bicyclic) bond motifs is 3. The minimum atomic E-state index is -1.04. The van der Waals surface area contributed by atoms with Crippen LogP contribution in [0.4, 0.5) is 0 Å². The Bertz CT molecular complexity index is 1400. The van der Waals surface area contributed by atoms with Crippen molar-refractivity contribution in [3.63, 3.8) is 0 Å². The number of methoxy groups -OCH3 is 2. The molecule has 42 heavy (non-hydrogen) atoms. The fraction of sp³-hybridized carbons (Fsp3) is 0.452. The van der Waals surface area contributed by atoms with Crippen molar-refractivity contribution in [1.82, 2.24) is 9.88 Å². The van der Waals surface area contributed by atoms with Gasteiger partial charge in [-0.25, -0.2) is 0 Å². The summed E-state index contributed by atoms with van der Waals surface area (Å²) in [6.07, 6.45) is 5.84. The van der Waals surface area contributed by atoms with Crippen LogP contribution in [0, 0.1) is 21.3 Å². The lowest BCUT2D eigenvalue weighted by molar-refractivity contribution is -0.140. The quantitative estimate of drug-likeness (QED) is 0.162. The largest absolute Gasteiger partial charge is 0.504 e. The Hall–Kier alpha value is -2.74. The molecule has 4 atom stereocenters. The van der Waals surface area contributed by atoms with E-state index in [2.05, 4.69) is 27.6 Å². The van der Waals surface area contributed by atoms with E-state index in [0.717, 1.165) is 28.0 Å². The van der Waals surface area contributed by atoms with E-state index in [1.54, 1.807) is 19.4 Å². The monoisotopic (exact) mass is 686 g/mol. The lowest BCUT2D eigenvalue weighted by atomic mass is 9.58. The molecule has 11 heteroatoms. The van der Waals surface area contributed by atoms with Gasteiger partial charge in [0, 0.05) is 19.9 Å². The van der Waals surface area contributed by atoms with E-state index in [0.29, 0.717) is 48.2 Å². The lowest BCUT2D eigenvalue weighted by Crippen LogP contribution is -2.46. The number of pyridine rings is 1. The van der Waals surface area contributed by atoms with E-state index >= 15 is 0 Å². The highest BCUT2D eigenvalue weighted by molar-refractivity contribution is 14.1. The molecule has 2 aliphatic heterocycles. The normalized spacial score (nSPS) is 24.3.